The Morgan fingerprint density at radius 2 is 2.53 bits per heavy atom. The van der Waals surface area contributed by atoms with Crippen LogP contribution in [-0.2, 0) is 10.3 Å². The number of nitrogens with zero attached hydrogens (tertiary/aromatic N) is 1. The number of aliphatic hydroxyl groups is 1. The highest BCUT2D eigenvalue weighted by molar-refractivity contribution is 9.10. The van der Waals surface area contributed by atoms with Gasteiger partial charge in [0.2, 0.25) is 0 Å². The molecular weight excluding hydrogens is 336 g/mol. The quantitative estimate of drug-likeness (QED) is 0.772. The van der Waals surface area contributed by atoms with Crippen LogP contribution in [0.2, 0.25) is 0 Å². The minimum atomic E-state index is -1.15. The molecule has 8 heteroatoms. The van der Waals surface area contributed by atoms with Crippen molar-refractivity contribution in [1.82, 2.24) is 10.3 Å². The van der Waals surface area contributed by atoms with Crippen molar-refractivity contribution in [3.63, 3.8) is 0 Å². The molecule has 2 heterocycles. The van der Waals surface area contributed by atoms with E-state index in [0.29, 0.717) is 16.0 Å². The van der Waals surface area contributed by atoms with Crippen molar-refractivity contribution < 1.29 is 19.7 Å². The van der Waals surface area contributed by atoms with Crippen LogP contribution in [0.3, 0.4) is 0 Å². The topological polar surface area (TPSA) is 91.7 Å². The summed E-state index contributed by atoms with van der Waals surface area (Å²) < 4.78 is 6.25. The largest absolute Gasteiger partial charge is 0.465 e. The Balaban J connectivity index is 2.41. The Labute approximate surface area is 122 Å². The molecule has 0 aliphatic carbocycles. The van der Waals surface area contributed by atoms with E-state index < -0.39 is 11.6 Å². The van der Waals surface area contributed by atoms with Gasteiger partial charge in [0.15, 0.2) is 0 Å². The average molecular weight is 351 g/mol. The van der Waals surface area contributed by atoms with Crippen LogP contribution in [0.5, 0.6) is 0 Å². The van der Waals surface area contributed by atoms with Crippen molar-refractivity contribution in [3.05, 3.63) is 15.0 Å². The fraction of sp³-hybridized carbons (Fsp3) is 0.636. The van der Waals surface area contributed by atoms with E-state index in [1.165, 1.54) is 11.3 Å². The van der Waals surface area contributed by atoms with Crippen LogP contribution in [0.25, 0.3) is 0 Å². The third kappa shape index (κ3) is 2.91. The van der Waals surface area contributed by atoms with Crippen LogP contribution < -0.4 is 5.32 Å². The Morgan fingerprint density at radius 1 is 1.79 bits per heavy atom. The molecule has 106 valence electrons. The van der Waals surface area contributed by atoms with Gasteiger partial charge in [-0.15, -0.1) is 11.3 Å². The number of hydrogen-bond acceptors (Lipinski definition) is 5. The molecule has 6 nitrogen and oxygen atoms in total. The molecule has 1 saturated heterocycles. The van der Waals surface area contributed by atoms with Gasteiger partial charge in [0.05, 0.1) is 12.7 Å². The number of aromatic nitrogens is 1. The molecule has 0 saturated carbocycles. The van der Waals surface area contributed by atoms with Gasteiger partial charge in [0.25, 0.3) is 0 Å². The smallest absolute Gasteiger partial charge is 0.405 e. The summed E-state index contributed by atoms with van der Waals surface area (Å²) in [7, 11) is 0. The molecule has 3 atom stereocenters. The lowest BCUT2D eigenvalue weighted by molar-refractivity contribution is -0.0787. The number of halogens is 1. The van der Waals surface area contributed by atoms with E-state index in [4.69, 9.17) is 9.84 Å². The highest BCUT2D eigenvalue weighted by Gasteiger charge is 2.48. The monoisotopic (exact) mass is 350 g/mol. The average Bonchev–Trinajstić information content (AvgIpc) is 2.78. The van der Waals surface area contributed by atoms with Gasteiger partial charge in [-0.1, -0.05) is 0 Å². The zero-order valence-corrected chi connectivity index (χ0v) is 12.7. The van der Waals surface area contributed by atoms with E-state index in [1.54, 1.807) is 5.38 Å². The summed E-state index contributed by atoms with van der Waals surface area (Å²) in [5.74, 6) is -0.259. The highest BCUT2D eigenvalue weighted by Crippen LogP contribution is 2.39. The van der Waals surface area contributed by atoms with Crippen LogP contribution >= 0.6 is 27.3 Å². The molecule has 0 bridgehead atoms. The van der Waals surface area contributed by atoms with Crippen molar-refractivity contribution in [3.8, 4) is 0 Å². The summed E-state index contributed by atoms with van der Waals surface area (Å²) in [5, 5.41) is 23.6. The first kappa shape index (κ1) is 14.7. The number of ether oxygens (including phenoxy) is 1. The first-order valence-electron chi connectivity index (χ1n) is 5.83. The van der Waals surface area contributed by atoms with Crippen molar-refractivity contribution >= 4 is 33.4 Å². The van der Waals surface area contributed by atoms with Gasteiger partial charge in [0, 0.05) is 17.9 Å². The number of nitrogens with one attached hydrogen (secondary N) is 1. The van der Waals surface area contributed by atoms with Crippen LogP contribution in [-0.4, -0.2) is 40.6 Å². The summed E-state index contributed by atoms with van der Waals surface area (Å²) >= 11 is 4.61. The summed E-state index contributed by atoms with van der Waals surface area (Å²) in [6.07, 6.45) is -0.583. The van der Waals surface area contributed by atoms with E-state index in [0.717, 1.165) is 0 Å². The molecule has 2 rings (SSSR count). The van der Waals surface area contributed by atoms with E-state index in [-0.39, 0.29) is 25.2 Å². The minimum Gasteiger partial charge on any atom is -0.465 e. The lowest BCUT2D eigenvalue weighted by Crippen LogP contribution is -2.58. The number of amides is 1. The van der Waals surface area contributed by atoms with E-state index in [9.17, 15) is 9.90 Å². The molecule has 0 radical (unpaired) electrons. The maximum absolute atomic E-state index is 11.1. The summed E-state index contributed by atoms with van der Waals surface area (Å²) in [6, 6.07) is 0. The molecule has 1 aromatic heterocycles. The van der Waals surface area contributed by atoms with Crippen molar-refractivity contribution in [2.24, 2.45) is 5.92 Å². The van der Waals surface area contributed by atoms with Crippen molar-refractivity contribution in [2.75, 3.05) is 13.2 Å². The Kier molecular flexibility index (Phi) is 4.44. The molecule has 1 aromatic rings. The lowest BCUT2D eigenvalue weighted by atomic mass is 9.79. The second kappa shape index (κ2) is 5.74. The zero-order valence-electron chi connectivity index (χ0n) is 10.3. The Morgan fingerprint density at radius 3 is 3.05 bits per heavy atom. The molecule has 19 heavy (non-hydrogen) atoms. The van der Waals surface area contributed by atoms with Gasteiger partial charge in [0.1, 0.15) is 15.1 Å². The number of carbonyl (C=O) groups is 1. The molecule has 1 amide bonds. The third-order valence-corrected chi connectivity index (χ3v) is 5.05. The number of thiazole rings is 1. The summed E-state index contributed by atoms with van der Waals surface area (Å²) in [5.41, 5.74) is -0.982. The molecule has 1 fully saturated rings. The lowest BCUT2D eigenvalue weighted by Gasteiger charge is -2.43. The first-order valence-corrected chi connectivity index (χ1v) is 7.50. The molecule has 1 aliphatic rings. The predicted molar refractivity (Wildman–Crippen MR) is 73.3 cm³/mol. The van der Waals surface area contributed by atoms with Gasteiger partial charge < -0.3 is 20.3 Å². The van der Waals surface area contributed by atoms with Crippen LogP contribution in [0.1, 0.15) is 18.4 Å². The number of hydrogen-bond donors (Lipinski definition) is 3. The summed E-state index contributed by atoms with van der Waals surface area (Å²) in [6.45, 7) is 1.96. The summed E-state index contributed by atoms with van der Waals surface area (Å²) in [4.78, 5) is 15.4. The van der Waals surface area contributed by atoms with Crippen LogP contribution in [0, 0.1) is 5.92 Å². The van der Waals surface area contributed by atoms with E-state index >= 15 is 0 Å². The number of rotatable bonds is 3. The Bertz CT molecular complexity index is 469. The van der Waals surface area contributed by atoms with Gasteiger partial charge >= 0.3 is 6.09 Å². The van der Waals surface area contributed by atoms with Crippen molar-refractivity contribution in [2.45, 2.75) is 25.0 Å². The standard InChI is InChI=1S/C11H15BrN2O4S/c1-6-2-7(3-15)11(5-18-6,14-10(16)17)9-13-8(12)4-19-9/h4,6-7,14-15H,2-3,5H2,1H3,(H,16,17)/t6-,7-,11-/m0/s1. The van der Waals surface area contributed by atoms with E-state index in [2.05, 4.69) is 26.2 Å². The molecule has 0 unspecified atom stereocenters. The fourth-order valence-corrected chi connectivity index (χ4v) is 3.84. The fourth-order valence-electron chi connectivity index (χ4n) is 2.37. The normalized spacial score (nSPS) is 31.1. The molecule has 3 N–H and O–H groups in total. The van der Waals surface area contributed by atoms with Gasteiger partial charge in [-0.3, -0.25) is 0 Å². The van der Waals surface area contributed by atoms with E-state index in [1.807, 2.05) is 6.92 Å². The number of carboxylic acid groups (broad SMARTS) is 1. The minimum absolute atomic E-state index is 0.00993. The van der Waals surface area contributed by atoms with Crippen LogP contribution in [0.4, 0.5) is 4.79 Å². The maximum atomic E-state index is 11.1. The maximum Gasteiger partial charge on any atom is 0.405 e. The van der Waals surface area contributed by atoms with Crippen LogP contribution in [0.15, 0.2) is 9.98 Å². The van der Waals surface area contributed by atoms with Gasteiger partial charge in [-0.25, -0.2) is 9.78 Å². The second-order valence-corrected chi connectivity index (χ2v) is 6.28. The molecule has 0 aromatic carbocycles. The zero-order chi connectivity index (χ0) is 14.0. The molecule has 1 aliphatic heterocycles. The van der Waals surface area contributed by atoms with Gasteiger partial charge in [-0.2, -0.15) is 0 Å². The molecule has 0 spiro atoms. The van der Waals surface area contributed by atoms with Crippen molar-refractivity contribution in [1.29, 1.82) is 0 Å². The predicted octanol–water partition coefficient (Wildman–Crippen LogP) is 1.79. The second-order valence-electron chi connectivity index (χ2n) is 4.61. The van der Waals surface area contributed by atoms with Gasteiger partial charge in [-0.05, 0) is 29.3 Å². The SMILES string of the molecule is C[C@H]1C[C@@H](CO)[C@](NC(=O)O)(c2nc(Br)cs2)CO1. The number of aliphatic hydroxyl groups excluding tert-OH is 1. The third-order valence-electron chi connectivity index (χ3n) is 3.32. The molecular formula is C11H15BrN2O4S. The Hall–Kier alpha value is -0.700. The highest BCUT2D eigenvalue weighted by atomic mass is 79.9. The first-order chi connectivity index (χ1) is 8.98.